The molecule has 0 radical (unpaired) electrons. The molecule has 1 N–H and O–H groups in total. The lowest BCUT2D eigenvalue weighted by molar-refractivity contribution is 0.480. The summed E-state index contributed by atoms with van der Waals surface area (Å²) in [6.07, 6.45) is 1.73. The second-order valence-electron chi connectivity index (χ2n) is 4.91. The van der Waals surface area contributed by atoms with E-state index < -0.39 is 0 Å². The zero-order valence-electron chi connectivity index (χ0n) is 11.3. The van der Waals surface area contributed by atoms with Gasteiger partial charge in [0.15, 0.2) is 0 Å². The molecule has 0 fully saturated rings. The standard InChI is InChI=1S/C17H20FN/c1-19-13-15(11-14-7-3-2-4-8-14)12-16-9-5-6-10-17(16)18/h2-10,15,19H,11-13H2,1H3. The van der Waals surface area contributed by atoms with Gasteiger partial charge in [0.05, 0.1) is 0 Å². The number of hydrogen-bond acceptors (Lipinski definition) is 1. The molecular weight excluding hydrogens is 237 g/mol. The van der Waals surface area contributed by atoms with Crippen LogP contribution in [0.15, 0.2) is 54.6 Å². The summed E-state index contributed by atoms with van der Waals surface area (Å²) in [6.45, 7) is 0.892. The monoisotopic (exact) mass is 257 g/mol. The summed E-state index contributed by atoms with van der Waals surface area (Å²) < 4.78 is 13.7. The van der Waals surface area contributed by atoms with E-state index in [0.29, 0.717) is 5.92 Å². The molecule has 0 aliphatic heterocycles. The Labute approximate surface area is 114 Å². The predicted molar refractivity (Wildman–Crippen MR) is 77.7 cm³/mol. The van der Waals surface area contributed by atoms with Crippen LogP contribution in [-0.4, -0.2) is 13.6 Å². The molecule has 2 aromatic carbocycles. The molecule has 0 aromatic heterocycles. The highest BCUT2D eigenvalue weighted by Crippen LogP contribution is 2.16. The SMILES string of the molecule is CNCC(Cc1ccccc1)Cc1ccccc1F. The van der Waals surface area contributed by atoms with E-state index in [0.717, 1.165) is 24.9 Å². The smallest absolute Gasteiger partial charge is 0.126 e. The topological polar surface area (TPSA) is 12.0 Å². The first-order chi connectivity index (χ1) is 9.29. The third-order valence-electron chi connectivity index (χ3n) is 3.33. The van der Waals surface area contributed by atoms with Crippen LogP contribution in [0.2, 0.25) is 0 Å². The molecule has 0 saturated heterocycles. The molecule has 0 spiro atoms. The molecule has 1 unspecified atom stereocenters. The molecule has 0 saturated carbocycles. The lowest BCUT2D eigenvalue weighted by atomic mass is 9.92. The Morgan fingerprint density at radius 1 is 0.947 bits per heavy atom. The lowest BCUT2D eigenvalue weighted by Crippen LogP contribution is -2.23. The Morgan fingerprint density at radius 2 is 1.63 bits per heavy atom. The van der Waals surface area contributed by atoms with Gasteiger partial charge in [-0.1, -0.05) is 48.5 Å². The molecule has 19 heavy (non-hydrogen) atoms. The van der Waals surface area contributed by atoms with E-state index in [2.05, 4.69) is 29.6 Å². The van der Waals surface area contributed by atoms with Gasteiger partial charge in [0.1, 0.15) is 5.82 Å². The maximum Gasteiger partial charge on any atom is 0.126 e. The van der Waals surface area contributed by atoms with Crippen LogP contribution in [0.4, 0.5) is 4.39 Å². The molecular formula is C17H20FN. The largest absolute Gasteiger partial charge is 0.319 e. The lowest BCUT2D eigenvalue weighted by Gasteiger charge is -2.17. The second-order valence-corrected chi connectivity index (χ2v) is 4.91. The molecule has 0 amide bonds. The van der Waals surface area contributed by atoms with Gasteiger partial charge in [-0.05, 0) is 49.5 Å². The summed E-state index contributed by atoms with van der Waals surface area (Å²) in [6, 6.07) is 17.4. The summed E-state index contributed by atoms with van der Waals surface area (Å²) in [5.74, 6) is 0.306. The summed E-state index contributed by atoms with van der Waals surface area (Å²) in [4.78, 5) is 0. The maximum absolute atomic E-state index is 13.7. The Morgan fingerprint density at radius 3 is 2.32 bits per heavy atom. The summed E-state index contributed by atoms with van der Waals surface area (Å²) >= 11 is 0. The van der Waals surface area contributed by atoms with Crippen molar-refractivity contribution in [1.29, 1.82) is 0 Å². The van der Waals surface area contributed by atoms with Gasteiger partial charge in [-0.2, -0.15) is 0 Å². The van der Waals surface area contributed by atoms with Gasteiger partial charge < -0.3 is 5.32 Å². The van der Waals surface area contributed by atoms with Crippen LogP contribution in [0.1, 0.15) is 11.1 Å². The number of halogens is 1. The minimum atomic E-state index is -0.100. The molecule has 0 heterocycles. The fourth-order valence-corrected chi connectivity index (χ4v) is 2.43. The number of rotatable bonds is 6. The zero-order valence-corrected chi connectivity index (χ0v) is 11.3. The van der Waals surface area contributed by atoms with Crippen LogP contribution in [0.25, 0.3) is 0 Å². The van der Waals surface area contributed by atoms with Crippen molar-refractivity contribution >= 4 is 0 Å². The quantitative estimate of drug-likeness (QED) is 0.836. The molecule has 0 aliphatic carbocycles. The average Bonchev–Trinajstić information content (AvgIpc) is 2.43. The van der Waals surface area contributed by atoms with E-state index in [9.17, 15) is 4.39 Å². The molecule has 0 aliphatic rings. The van der Waals surface area contributed by atoms with Gasteiger partial charge >= 0.3 is 0 Å². The third-order valence-corrected chi connectivity index (χ3v) is 3.33. The molecule has 1 nitrogen and oxygen atoms in total. The first-order valence-electron chi connectivity index (χ1n) is 6.71. The van der Waals surface area contributed by atoms with E-state index in [1.54, 1.807) is 6.07 Å². The van der Waals surface area contributed by atoms with Crippen molar-refractivity contribution in [1.82, 2.24) is 5.32 Å². The number of benzene rings is 2. The number of nitrogens with one attached hydrogen (secondary N) is 1. The van der Waals surface area contributed by atoms with Gasteiger partial charge in [-0.25, -0.2) is 4.39 Å². The van der Waals surface area contributed by atoms with E-state index in [-0.39, 0.29) is 5.82 Å². The molecule has 100 valence electrons. The van der Waals surface area contributed by atoms with Crippen LogP contribution in [-0.2, 0) is 12.8 Å². The van der Waals surface area contributed by atoms with Crippen molar-refractivity contribution in [3.05, 3.63) is 71.5 Å². The highest BCUT2D eigenvalue weighted by atomic mass is 19.1. The van der Waals surface area contributed by atoms with Gasteiger partial charge in [0, 0.05) is 0 Å². The van der Waals surface area contributed by atoms with Crippen LogP contribution in [0.5, 0.6) is 0 Å². The Kier molecular flexibility index (Phi) is 5.10. The first kappa shape index (κ1) is 13.8. The van der Waals surface area contributed by atoms with Crippen molar-refractivity contribution in [2.45, 2.75) is 12.8 Å². The van der Waals surface area contributed by atoms with Crippen molar-refractivity contribution in [2.75, 3.05) is 13.6 Å². The third kappa shape index (κ3) is 4.18. The number of hydrogen-bond donors (Lipinski definition) is 1. The summed E-state index contributed by atoms with van der Waals surface area (Å²) in [5, 5.41) is 3.21. The molecule has 2 rings (SSSR count). The van der Waals surface area contributed by atoms with Crippen molar-refractivity contribution in [3.8, 4) is 0 Å². The minimum absolute atomic E-state index is 0.100. The highest BCUT2D eigenvalue weighted by Gasteiger charge is 2.12. The van der Waals surface area contributed by atoms with Crippen molar-refractivity contribution in [3.63, 3.8) is 0 Å². The Balaban J connectivity index is 2.06. The maximum atomic E-state index is 13.7. The fourth-order valence-electron chi connectivity index (χ4n) is 2.43. The van der Waals surface area contributed by atoms with Gasteiger partial charge in [-0.3, -0.25) is 0 Å². The minimum Gasteiger partial charge on any atom is -0.319 e. The molecule has 1 atom stereocenters. The fraction of sp³-hybridized carbons (Fsp3) is 0.294. The van der Waals surface area contributed by atoms with Crippen molar-refractivity contribution in [2.24, 2.45) is 5.92 Å². The molecule has 2 aromatic rings. The normalized spacial score (nSPS) is 12.3. The highest BCUT2D eigenvalue weighted by molar-refractivity contribution is 5.20. The van der Waals surface area contributed by atoms with Crippen LogP contribution >= 0.6 is 0 Å². The van der Waals surface area contributed by atoms with Gasteiger partial charge in [-0.15, -0.1) is 0 Å². The Bertz CT molecular complexity index is 496. The zero-order chi connectivity index (χ0) is 13.5. The van der Waals surface area contributed by atoms with E-state index >= 15 is 0 Å². The Hall–Kier alpha value is -1.67. The first-order valence-corrected chi connectivity index (χ1v) is 6.71. The van der Waals surface area contributed by atoms with E-state index in [1.165, 1.54) is 11.6 Å². The van der Waals surface area contributed by atoms with Crippen LogP contribution < -0.4 is 5.32 Å². The second kappa shape index (κ2) is 7.05. The van der Waals surface area contributed by atoms with Crippen LogP contribution in [0, 0.1) is 11.7 Å². The summed E-state index contributed by atoms with van der Waals surface area (Å²) in [7, 11) is 1.94. The van der Waals surface area contributed by atoms with Crippen LogP contribution in [0.3, 0.4) is 0 Å². The van der Waals surface area contributed by atoms with Crippen molar-refractivity contribution < 1.29 is 4.39 Å². The van der Waals surface area contributed by atoms with Gasteiger partial charge in [0.25, 0.3) is 0 Å². The predicted octanol–water partition coefficient (Wildman–Crippen LogP) is 3.45. The summed E-state index contributed by atoms with van der Waals surface area (Å²) in [5.41, 5.74) is 2.11. The van der Waals surface area contributed by atoms with E-state index in [1.807, 2.05) is 25.2 Å². The van der Waals surface area contributed by atoms with Gasteiger partial charge in [0.2, 0.25) is 0 Å². The van der Waals surface area contributed by atoms with E-state index in [4.69, 9.17) is 0 Å². The average molecular weight is 257 g/mol. The molecule has 2 heteroatoms. The molecule has 0 bridgehead atoms.